The highest BCUT2D eigenvalue weighted by molar-refractivity contribution is 9.10. The van der Waals surface area contributed by atoms with E-state index in [1.54, 1.807) is 6.92 Å². The molecule has 21 heavy (non-hydrogen) atoms. The van der Waals surface area contributed by atoms with E-state index in [2.05, 4.69) is 26.6 Å². The maximum Gasteiger partial charge on any atom is 0.336 e. The van der Waals surface area contributed by atoms with E-state index >= 15 is 0 Å². The molecule has 1 atom stereocenters. The van der Waals surface area contributed by atoms with E-state index in [-0.39, 0.29) is 22.9 Å². The molecule has 0 aromatic heterocycles. The standard InChI is InChI=1S/C14H16BrNO4S/c1-4-6-10(5-2)16-21(19,20)11-7-12(14(17)18)9(3)13(15)8-11/h1,7-8,10,16H,5-6H2,2-3H3,(H,17,18). The van der Waals surface area contributed by atoms with Crippen molar-refractivity contribution in [1.29, 1.82) is 0 Å². The second-order valence-corrected chi connectivity index (χ2v) is 7.09. The zero-order chi connectivity index (χ0) is 16.2. The zero-order valence-electron chi connectivity index (χ0n) is 11.7. The molecular formula is C14H16BrNO4S. The molecule has 1 rings (SSSR count). The summed E-state index contributed by atoms with van der Waals surface area (Å²) in [5, 5.41) is 9.13. The maximum atomic E-state index is 12.3. The van der Waals surface area contributed by atoms with Crippen molar-refractivity contribution in [3.63, 3.8) is 0 Å². The van der Waals surface area contributed by atoms with E-state index in [9.17, 15) is 13.2 Å². The van der Waals surface area contributed by atoms with Crippen LogP contribution in [0.5, 0.6) is 0 Å². The van der Waals surface area contributed by atoms with Crippen molar-refractivity contribution in [2.75, 3.05) is 0 Å². The maximum absolute atomic E-state index is 12.3. The van der Waals surface area contributed by atoms with Crippen molar-refractivity contribution in [3.05, 3.63) is 27.7 Å². The molecule has 7 heteroatoms. The van der Waals surface area contributed by atoms with Crippen LogP contribution < -0.4 is 4.72 Å². The summed E-state index contributed by atoms with van der Waals surface area (Å²) in [5.74, 6) is 1.23. The summed E-state index contributed by atoms with van der Waals surface area (Å²) >= 11 is 3.18. The topological polar surface area (TPSA) is 83.5 Å². The van der Waals surface area contributed by atoms with E-state index in [4.69, 9.17) is 11.5 Å². The summed E-state index contributed by atoms with van der Waals surface area (Å²) in [6.07, 6.45) is 6.02. The molecular weight excluding hydrogens is 358 g/mol. The first-order chi connectivity index (χ1) is 9.72. The predicted molar refractivity (Wildman–Crippen MR) is 83.7 cm³/mol. The average molecular weight is 374 g/mol. The molecule has 0 spiro atoms. The fraction of sp³-hybridized carbons (Fsp3) is 0.357. The van der Waals surface area contributed by atoms with E-state index in [0.717, 1.165) is 6.07 Å². The molecule has 1 aromatic carbocycles. The van der Waals surface area contributed by atoms with Crippen LogP contribution in [0.4, 0.5) is 0 Å². The Morgan fingerprint density at radius 2 is 2.14 bits per heavy atom. The number of carbonyl (C=O) groups is 1. The molecule has 0 heterocycles. The largest absolute Gasteiger partial charge is 0.478 e. The molecule has 0 fully saturated rings. The van der Waals surface area contributed by atoms with Crippen LogP contribution >= 0.6 is 15.9 Å². The number of benzene rings is 1. The SMILES string of the molecule is C#CCC(CC)NS(=O)(=O)c1cc(Br)c(C)c(C(=O)O)c1. The third kappa shape index (κ3) is 4.30. The molecule has 0 radical (unpaired) electrons. The van der Waals surface area contributed by atoms with Gasteiger partial charge in [0.1, 0.15) is 0 Å². The van der Waals surface area contributed by atoms with Gasteiger partial charge in [-0.2, -0.15) is 0 Å². The van der Waals surface area contributed by atoms with Crippen LogP contribution in [-0.2, 0) is 10.0 Å². The molecule has 1 unspecified atom stereocenters. The second-order valence-electron chi connectivity index (χ2n) is 4.52. The minimum atomic E-state index is -3.83. The lowest BCUT2D eigenvalue weighted by Gasteiger charge is -2.15. The van der Waals surface area contributed by atoms with E-state index in [0.29, 0.717) is 16.5 Å². The molecule has 0 saturated heterocycles. The van der Waals surface area contributed by atoms with Gasteiger partial charge in [-0.05, 0) is 31.0 Å². The Kier molecular flexibility index (Phi) is 5.96. The van der Waals surface area contributed by atoms with Gasteiger partial charge in [-0.1, -0.05) is 22.9 Å². The smallest absolute Gasteiger partial charge is 0.336 e. The number of hydrogen-bond acceptors (Lipinski definition) is 3. The van der Waals surface area contributed by atoms with Gasteiger partial charge in [0.15, 0.2) is 0 Å². The summed E-state index contributed by atoms with van der Waals surface area (Å²) in [4.78, 5) is 11.1. The molecule has 1 aromatic rings. The lowest BCUT2D eigenvalue weighted by Crippen LogP contribution is -2.34. The van der Waals surface area contributed by atoms with Gasteiger partial charge in [0.2, 0.25) is 10.0 Å². The Morgan fingerprint density at radius 3 is 2.62 bits per heavy atom. The molecule has 2 N–H and O–H groups in total. The Hall–Kier alpha value is -1.36. The van der Waals surface area contributed by atoms with Crippen LogP contribution in [0.15, 0.2) is 21.5 Å². The first-order valence-corrected chi connectivity index (χ1v) is 8.49. The highest BCUT2D eigenvalue weighted by Crippen LogP contribution is 2.25. The minimum Gasteiger partial charge on any atom is -0.478 e. The highest BCUT2D eigenvalue weighted by atomic mass is 79.9. The lowest BCUT2D eigenvalue weighted by atomic mass is 10.1. The second kappa shape index (κ2) is 7.07. The Morgan fingerprint density at radius 1 is 1.52 bits per heavy atom. The van der Waals surface area contributed by atoms with Gasteiger partial charge >= 0.3 is 5.97 Å². The van der Waals surface area contributed by atoms with Gasteiger partial charge in [0.25, 0.3) is 0 Å². The fourth-order valence-electron chi connectivity index (χ4n) is 1.73. The van der Waals surface area contributed by atoms with Gasteiger partial charge in [-0.25, -0.2) is 17.9 Å². The number of rotatable bonds is 6. The Balaban J connectivity index is 3.26. The quantitative estimate of drug-likeness (QED) is 0.750. The molecule has 0 amide bonds. The van der Waals surface area contributed by atoms with Crippen molar-refractivity contribution >= 4 is 31.9 Å². The van der Waals surface area contributed by atoms with Gasteiger partial charge < -0.3 is 5.11 Å². The number of hydrogen-bond donors (Lipinski definition) is 2. The molecule has 114 valence electrons. The Labute approximate surface area is 132 Å². The number of nitrogens with one attached hydrogen (secondary N) is 1. The highest BCUT2D eigenvalue weighted by Gasteiger charge is 2.22. The Bertz CT molecular complexity index is 692. The van der Waals surface area contributed by atoms with E-state index in [1.807, 2.05) is 6.92 Å². The summed E-state index contributed by atoms with van der Waals surface area (Å²) in [7, 11) is -3.83. The molecule has 0 saturated carbocycles. The predicted octanol–water partition coefficient (Wildman–Crippen LogP) is 2.54. The lowest BCUT2D eigenvalue weighted by molar-refractivity contribution is 0.0695. The van der Waals surface area contributed by atoms with Crippen molar-refractivity contribution < 1.29 is 18.3 Å². The van der Waals surface area contributed by atoms with Crippen LogP contribution in [0.3, 0.4) is 0 Å². The molecule has 0 aliphatic carbocycles. The number of carboxylic acid groups (broad SMARTS) is 1. The molecule has 0 aliphatic heterocycles. The first kappa shape index (κ1) is 17.7. The van der Waals surface area contributed by atoms with Crippen molar-refractivity contribution in [3.8, 4) is 12.3 Å². The van der Waals surface area contributed by atoms with Crippen molar-refractivity contribution in [2.45, 2.75) is 37.6 Å². The fourth-order valence-corrected chi connectivity index (χ4v) is 3.71. The third-order valence-electron chi connectivity index (χ3n) is 3.04. The van der Waals surface area contributed by atoms with Crippen LogP contribution in [0.1, 0.15) is 35.7 Å². The van der Waals surface area contributed by atoms with Crippen LogP contribution in [-0.4, -0.2) is 25.5 Å². The summed E-state index contributed by atoms with van der Waals surface area (Å²) in [6.45, 7) is 3.42. The zero-order valence-corrected chi connectivity index (χ0v) is 14.1. The number of sulfonamides is 1. The third-order valence-corrected chi connectivity index (χ3v) is 5.36. The minimum absolute atomic E-state index is 0.0604. The van der Waals surface area contributed by atoms with Gasteiger partial charge in [0.05, 0.1) is 10.5 Å². The number of halogens is 1. The van der Waals surface area contributed by atoms with Gasteiger partial charge in [0, 0.05) is 16.9 Å². The number of terminal acetylenes is 1. The average Bonchev–Trinajstić information content (AvgIpc) is 2.40. The molecule has 0 bridgehead atoms. The van der Waals surface area contributed by atoms with Gasteiger partial charge in [-0.15, -0.1) is 12.3 Å². The summed E-state index contributed by atoms with van der Waals surface area (Å²) in [5.41, 5.74) is 0.409. The summed E-state index contributed by atoms with van der Waals surface area (Å²) in [6, 6.07) is 2.15. The summed E-state index contributed by atoms with van der Waals surface area (Å²) < 4.78 is 27.6. The normalized spacial score (nSPS) is 12.7. The van der Waals surface area contributed by atoms with Gasteiger partial charge in [-0.3, -0.25) is 0 Å². The monoisotopic (exact) mass is 373 g/mol. The van der Waals surface area contributed by atoms with E-state index < -0.39 is 16.0 Å². The van der Waals surface area contributed by atoms with E-state index in [1.165, 1.54) is 6.07 Å². The number of carboxylic acids is 1. The molecule has 0 aliphatic rings. The van der Waals surface area contributed by atoms with Crippen molar-refractivity contribution in [1.82, 2.24) is 4.72 Å². The van der Waals surface area contributed by atoms with Crippen LogP contribution in [0, 0.1) is 19.3 Å². The van der Waals surface area contributed by atoms with Crippen molar-refractivity contribution in [2.24, 2.45) is 0 Å². The first-order valence-electron chi connectivity index (χ1n) is 6.22. The number of aromatic carboxylic acids is 1. The molecule has 5 nitrogen and oxygen atoms in total. The van der Waals surface area contributed by atoms with Crippen LogP contribution in [0.25, 0.3) is 0 Å². The van der Waals surface area contributed by atoms with Crippen LogP contribution in [0.2, 0.25) is 0 Å².